The van der Waals surface area contributed by atoms with Crippen molar-refractivity contribution >= 4 is 0 Å². The second-order valence-electron chi connectivity index (χ2n) is 3.86. The molecule has 0 amide bonds. The van der Waals surface area contributed by atoms with Gasteiger partial charge in [0.1, 0.15) is 0 Å². The fraction of sp³-hybridized carbons (Fsp3) is 0.700. The van der Waals surface area contributed by atoms with Gasteiger partial charge in [-0.25, -0.2) is 0 Å². The van der Waals surface area contributed by atoms with E-state index in [0.717, 1.165) is 6.42 Å². The zero-order valence-electron chi connectivity index (χ0n) is 7.68. The van der Waals surface area contributed by atoms with Crippen molar-refractivity contribution in [2.24, 2.45) is 5.92 Å². The topological polar surface area (TPSA) is 51.5 Å². The molecule has 0 spiro atoms. The summed E-state index contributed by atoms with van der Waals surface area (Å²) >= 11 is 0. The molecule has 3 heterocycles. The van der Waals surface area contributed by atoms with Crippen molar-refractivity contribution in [3.8, 4) is 6.07 Å². The van der Waals surface area contributed by atoms with Crippen LogP contribution in [0.5, 0.6) is 0 Å². The van der Waals surface area contributed by atoms with Crippen molar-refractivity contribution in [2.75, 3.05) is 13.2 Å². The highest BCUT2D eigenvalue weighted by Crippen LogP contribution is 2.46. The van der Waals surface area contributed by atoms with Gasteiger partial charge in [-0.3, -0.25) is 0 Å². The zero-order valence-corrected chi connectivity index (χ0v) is 7.68. The molecule has 0 radical (unpaired) electrons. The molecule has 3 aliphatic rings. The molecule has 0 saturated carbocycles. The van der Waals surface area contributed by atoms with Crippen LogP contribution in [0.2, 0.25) is 0 Å². The van der Waals surface area contributed by atoms with Gasteiger partial charge in [0.2, 0.25) is 0 Å². The number of hydrogen-bond donors (Lipinski definition) is 0. The molecular formula is C10H11NO3. The molecule has 3 aliphatic heterocycles. The molecule has 4 nitrogen and oxygen atoms in total. The van der Waals surface area contributed by atoms with Crippen LogP contribution < -0.4 is 0 Å². The summed E-state index contributed by atoms with van der Waals surface area (Å²) in [6.07, 6.45) is 4.38. The predicted molar refractivity (Wildman–Crippen MR) is 46.2 cm³/mol. The van der Waals surface area contributed by atoms with Crippen molar-refractivity contribution in [2.45, 2.75) is 24.4 Å². The Morgan fingerprint density at radius 3 is 2.79 bits per heavy atom. The Kier molecular flexibility index (Phi) is 1.68. The maximum Gasteiger partial charge on any atom is 0.191 e. The Bertz CT molecular complexity index is 316. The number of nitrogens with zero attached hydrogens (tertiary/aromatic N) is 1. The molecule has 3 rings (SSSR count). The van der Waals surface area contributed by atoms with E-state index in [9.17, 15) is 0 Å². The number of fused-ring (bicyclic) bond motifs is 2. The minimum atomic E-state index is -0.629. The molecule has 2 fully saturated rings. The van der Waals surface area contributed by atoms with Gasteiger partial charge in [-0.05, 0) is 12.5 Å². The van der Waals surface area contributed by atoms with Gasteiger partial charge in [0.25, 0.3) is 0 Å². The van der Waals surface area contributed by atoms with Gasteiger partial charge in [0.05, 0.1) is 31.3 Å². The highest BCUT2D eigenvalue weighted by atomic mass is 16.7. The molecule has 0 aromatic carbocycles. The molecule has 3 atom stereocenters. The summed E-state index contributed by atoms with van der Waals surface area (Å²) in [7, 11) is 0. The fourth-order valence-electron chi connectivity index (χ4n) is 2.41. The zero-order chi connectivity index (χ0) is 9.60. The maximum atomic E-state index is 9.04. The smallest absolute Gasteiger partial charge is 0.191 e. The molecular weight excluding hydrogens is 182 g/mol. The Labute approximate surface area is 82.0 Å². The van der Waals surface area contributed by atoms with E-state index in [4.69, 9.17) is 19.5 Å². The summed E-state index contributed by atoms with van der Waals surface area (Å²) < 4.78 is 16.6. The van der Waals surface area contributed by atoms with Crippen molar-refractivity contribution in [1.82, 2.24) is 0 Å². The third kappa shape index (κ3) is 0.921. The first-order valence-corrected chi connectivity index (χ1v) is 4.85. The Morgan fingerprint density at radius 2 is 2.14 bits per heavy atom. The van der Waals surface area contributed by atoms with E-state index >= 15 is 0 Å². The van der Waals surface area contributed by atoms with Crippen LogP contribution in [0.4, 0.5) is 0 Å². The molecule has 0 aromatic rings. The molecule has 4 heteroatoms. The van der Waals surface area contributed by atoms with Crippen molar-refractivity contribution < 1.29 is 14.2 Å². The molecule has 0 aliphatic carbocycles. The normalized spacial score (nSPS) is 45.9. The third-order valence-electron chi connectivity index (χ3n) is 3.09. The molecule has 2 saturated heterocycles. The number of nitriles is 1. The van der Waals surface area contributed by atoms with E-state index in [1.54, 1.807) is 0 Å². The van der Waals surface area contributed by atoms with Crippen LogP contribution in [0.25, 0.3) is 0 Å². The summed E-state index contributed by atoms with van der Waals surface area (Å²) in [6.45, 7) is 1.18. The van der Waals surface area contributed by atoms with Gasteiger partial charge in [0, 0.05) is 0 Å². The van der Waals surface area contributed by atoms with Gasteiger partial charge in [0.15, 0.2) is 11.9 Å². The van der Waals surface area contributed by atoms with Crippen LogP contribution in [0, 0.1) is 17.2 Å². The van der Waals surface area contributed by atoms with Crippen LogP contribution >= 0.6 is 0 Å². The van der Waals surface area contributed by atoms with Gasteiger partial charge in [-0.2, -0.15) is 5.26 Å². The number of rotatable bonds is 1. The van der Waals surface area contributed by atoms with Crippen LogP contribution in [-0.4, -0.2) is 31.2 Å². The Balaban J connectivity index is 1.93. The summed E-state index contributed by atoms with van der Waals surface area (Å²) in [4.78, 5) is 0. The van der Waals surface area contributed by atoms with E-state index in [1.807, 2.05) is 12.2 Å². The second kappa shape index (κ2) is 2.80. The van der Waals surface area contributed by atoms with Crippen molar-refractivity contribution in [1.29, 1.82) is 5.26 Å². The molecule has 0 N–H and O–H groups in total. The summed E-state index contributed by atoms with van der Waals surface area (Å²) in [5.74, 6) is -0.138. The monoisotopic (exact) mass is 193 g/mol. The highest BCUT2D eigenvalue weighted by Gasteiger charge is 2.57. The van der Waals surface area contributed by atoms with Crippen molar-refractivity contribution in [3.05, 3.63) is 12.2 Å². The second-order valence-corrected chi connectivity index (χ2v) is 3.86. The maximum absolute atomic E-state index is 9.04. The minimum Gasteiger partial charge on any atom is -0.357 e. The first kappa shape index (κ1) is 8.42. The average Bonchev–Trinajstić information content (AvgIpc) is 2.92. The number of hydrogen-bond acceptors (Lipinski definition) is 4. The molecule has 74 valence electrons. The third-order valence-corrected chi connectivity index (χ3v) is 3.09. The minimum absolute atomic E-state index is 0.0763. The van der Waals surface area contributed by atoms with E-state index in [2.05, 4.69) is 6.07 Å². The summed E-state index contributed by atoms with van der Waals surface area (Å²) in [5, 5.41) is 9.04. The highest BCUT2D eigenvalue weighted by molar-refractivity contribution is 5.26. The lowest BCUT2D eigenvalue weighted by atomic mass is 9.83. The van der Waals surface area contributed by atoms with Crippen LogP contribution in [-0.2, 0) is 14.2 Å². The number of ether oxygens (including phenoxy) is 3. The lowest BCUT2D eigenvalue weighted by Gasteiger charge is -2.30. The quantitative estimate of drug-likeness (QED) is 0.572. The van der Waals surface area contributed by atoms with Crippen LogP contribution in [0.3, 0.4) is 0 Å². The van der Waals surface area contributed by atoms with Gasteiger partial charge in [-0.15, -0.1) is 0 Å². The van der Waals surface area contributed by atoms with Crippen LogP contribution in [0.1, 0.15) is 6.42 Å². The Morgan fingerprint density at radius 1 is 1.36 bits per heavy atom. The molecule has 2 bridgehead atoms. The SMILES string of the molecule is N#CC1CC2C=CC1(C1OCCO1)O2. The lowest BCUT2D eigenvalue weighted by Crippen LogP contribution is -2.44. The van der Waals surface area contributed by atoms with Gasteiger partial charge >= 0.3 is 0 Å². The van der Waals surface area contributed by atoms with Gasteiger partial charge in [-0.1, -0.05) is 6.08 Å². The standard InChI is InChI=1S/C10H11NO3/c11-6-7-5-8-1-2-10(7,14-8)9-12-3-4-13-9/h1-2,7-9H,3-5H2. The first-order chi connectivity index (χ1) is 6.85. The lowest BCUT2D eigenvalue weighted by molar-refractivity contribution is -0.172. The van der Waals surface area contributed by atoms with E-state index < -0.39 is 11.9 Å². The first-order valence-electron chi connectivity index (χ1n) is 4.85. The van der Waals surface area contributed by atoms with Crippen LogP contribution in [0.15, 0.2) is 12.2 Å². The predicted octanol–water partition coefficient (Wildman–Crippen LogP) is 0.597. The average molecular weight is 193 g/mol. The molecule has 3 unspecified atom stereocenters. The summed E-state index contributed by atoms with van der Waals surface area (Å²) in [6, 6.07) is 2.28. The van der Waals surface area contributed by atoms with Gasteiger partial charge < -0.3 is 14.2 Å². The molecule has 0 aromatic heterocycles. The van der Waals surface area contributed by atoms with E-state index in [0.29, 0.717) is 13.2 Å². The van der Waals surface area contributed by atoms with E-state index in [1.165, 1.54) is 0 Å². The Hall–Kier alpha value is -0.890. The van der Waals surface area contributed by atoms with Crippen molar-refractivity contribution in [3.63, 3.8) is 0 Å². The largest absolute Gasteiger partial charge is 0.357 e. The fourth-order valence-corrected chi connectivity index (χ4v) is 2.41. The summed E-state index contributed by atoms with van der Waals surface area (Å²) in [5.41, 5.74) is -0.629. The van der Waals surface area contributed by atoms with E-state index in [-0.39, 0.29) is 12.0 Å². The molecule has 14 heavy (non-hydrogen) atoms.